The van der Waals surface area contributed by atoms with E-state index in [4.69, 9.17) is 5.11 Å². The van der Waals surface area contributed by atoms with Crippen LogP contribution >= 0.6 is 11.8 Å². The molecule has 1 saturated heterocycles. The number of aliphatic carboxylic acids is 1. The molecule has 0 saturated carbocycles. The van der Waals surface area contributed by atoms with Crippen LogP contribution in [0, 0.1) is 0 Å². The van der Waals surface area contributed by atoms with E-state index in [0.29, 0.717) is 5.75 Å². The molecule has 16 heavy (non-hydrogen) atoms. The second kappa shape index (κ2) is 6.50. The zero-order chi connectivity index (χ0) is 12.0. The maximum absolute atomic E-state index is 10.8. The van der Waals surface area contributed by atoms with E-state index >= 15 is 0 Å². The largest absolute Gasteiger partial charge is 0.480 e. The van der Waals surface area contributed by atoms with Crippen LogP contribution in [0.15, 0.2) is 0 Å². The summed E-state index contributed by atoms with van der Waals surface area (Å²) in [6, 6.07) is -0.356. The molecule has 1 heterocycles. The van der Waals surface area contributed by atoms with Gasteiger partial charge in [0.05, 0.1) is 4.87 Å². The van der Waals surface area contributed by atoms with Gasteiger partial charge in [0.15, 0.2) is 0 Å². The molecule has 0 bridgehead atoms. The molecule has 1 fully saturated rings. The Morgan fingerprint density at radius 3 is 2.69 bits per heavy atom. The molecule has 0 radical (unpaired) electrons. The highest BCUT2D eigenvalue weighted by Gasteiger charge is 2.37. The Hall–Kier alpha value is -0.220. The van der Waals surface area contributed by atoms with Gasteiger partial charge in [0.2, 0.25) is 0 Å². The predicted molar refractivity (Wildman–Crippen MR) is 68.8 cm³/mol. The highest BCUT2D eigenvalue weighted by atomic mass is 32.2. The Kier molecular flexibility index (Phi) is 5.62. The summed E-state index contributed by atoms with van der Waals surface area (Å²) >= 11 is 1.75. The Balaban J connectivity index is 2.19. The molecule has 3 nitrogen and oxygen atoms in total. The topological polar surface area (TPSA) is 49.3 Å². The van der Waals surface area contributed by atoms with Gasteiger partial charge in [-0.1, -0.05) is 39.0 Å². The zero-order valence-electron chi connectivity index (χ0n) is 10.3. The summed E-state index contributed by atoms with van der Waals surface area (Å²) in [6.45, 7) is 4.34. The fourth-order valence-corrected chi connectivity index (χ4v) is 3.34. The average molecular weight is 245 g/mol. The number of carbonyl (C=O) groups is 1. The fourth-order valence-electron chi connectivity index (χ4n) is 2.06. The van der Waals surface area contributed by atoms with Crippen molar-refractivity contribution in [2.45, 2.75) is 63.3 Å². The number of rotatable bonds is 7. The van der Waals surface area contributed by atoms with E-state index < -0.39 is 5.97 Å². The van der Waals surface area contributed by atoms with Crippen LogP contribution in [-0.2, 0) is 4.79 Å². The third-order valence-corrected chi connectivity index (χ3v) is 4.56. The Morgan fingerprint density at radius 1 is 1.44 bits per heavy atom. The summed E-state index contributed by atoms with van der Waals surface area (Å²) in [5.74, 6) is -0.0249. The Labute approximate surface area is 102 Å². The molecule has 1 aliphatic heterocycles. The van der Waals surface area contributed by atoms with Crippen LogP contribution < -0.4 is 5.32 Å². The molecule has 4 heteroatoms. The predicted octanol–water partition coefficient (Wildman–Crippen LogP) is 2.85. The first-order chi connectivity index (χ1) is 7.57. The molecule has 1 unspecified atom stereocenters. The molecular weight excluding hydrogens is 222 g/mol. The van der Waals surface area contributed by atoms with E-state index in [1.165, 1.54) is 32.1 Å². The van der Waals surface area contributed by atoms with Crippen molar-refractivity contribution in [1.29, 1.82) is 0 Å². The number of carboxylic acids is 1. The van der Waals surface area contributed by atoms with Gasteiger partial charge in [0.1, 0.15) is 6.04 Å². The quantitative estimate of drug-likeness (QED) is 0.677. The minimum atomic E-state index is -0.720. The van der Waals surface area contributed by atoms with Gasteiger partial charge >= 0.3 is 5.97 Å². The lowest BCUT2D eigenvalue weighted by Crippen LogP contribution is -2.43. The van der Waals surface area contributed by atoms with Gasteiger partial charge in [-0.25, -0.2) is 0 Å². The van der Waals surface area contributed by atoms with Gasteiger partial charge in [-0.3, -0.25) is 10.1 Å². The Bertz CT molecular complexity index is 235. The maximum atomic E-state index is 10.8. The first kappa shape index (κ1) is 13.8. The van der Waals surface area contributed by atoms with Crippen LogP contribution in [0.25, 0.3) is 0 Å². The van der Waals surface area contributed by atoms with E-state index in [2.05, 4.69) is 19.2 Å². The van der Waals surface area contributed by atoms with Crippen molar-refractivity contribution in [2.75, 3.05) is 5.75 Å². The third kappa shape index (κ3) is 4.34. The van der Waals surface area contributed by atoms with E-state index in [1.807, 2.05) is 0 Å². The minimum Gasteiger partial charge on any atom is -0.480 e. The normalized spacial score (nSPS) is 29.5. The van der Waals surface area contributed by atoms with Crippen LogP contribution in [-0.4, -0.2) is 27.7 Å². The van der Waals surface area contributed by atoms with Crippen molar-refractivity contribution >= 4 is 17.7 Å². The lowest BCUT2D eigenvalue weighted by atomic mass is 10.1. The second-order valence-electron chi connectivity index (χ2n) is 4.74. The first-order valence-corrected chi connectivity index (χ1v) is 7.20. The second-order valence-corrected chi connectivity index (χ2v) is 6.26. The van der Waals surface area contributed by atoms with E-state index in [9.17, 15) is 4.79 Å². The Morgan fingerprint density at radius 2 is 2.12 bits per heavy atom. The molecule has 0 aliphatic carbocycles. The molecule has 94 valence electrons. The van der Waals surface area contributed by atoms with Crippen molar-refractivity contribution in [2.24, 2.45) is 0 Å². The highest BCUT2D eigenvalue weighted by Crippen LogP contribution is 2.34. The van der Waals surface area contributed by atoms with E-state index in [1.54, 1.807) is 11.8 Å². The van der Waals surface area contributed by atoms with Crippen molar-refractivity contribution in [3.8, 4) is 0 Å². The highest BCUT2D eigenvalue weighted by molar-refractivity contribution is 8.00. The third-order valence-electron chi connectivity index (χ3n) is 3.10. The number of thioether (sulfide) groups is 1. The number of nitrogens with one attached hydrogen (secondary N) is 1. The summed E-state index contributed by atoms with van der Waals surface area (Å²) in [7, 11) is 0. The molecular formula is C12H23NO2S. The average Bonchev–Trinajstić information content (AvgIpc) is 2.61. The SMILES string of the molecule is CCCCCCCC1(C)N[C@@H](C(=O)O)CS1. The smallest absolute Gasteiger partial charge is 0.321 e. The van der Waals surface area contributed by atoms with Crippen molar-refractivity contribution < 1.29 is 9.90 Å². The summed E-state index contributed by atoms with van der Waals surface area (Å²) in [6.07, 6.45) is 7.43. The summed E-state index contributed by atoms with van der Waals surface area (Å²) in [4.78, 5) is 10.8. The molecule has 1 aliphatic rings. The summed E-state index contributed by atoms with van der Waals surface area (Å²) in [5.41, 5.74) is 0. The van der Waals surface area contributed by atoms with Crippen LogP contribution in [0.3, 0.4) is 0 Å². The monoisotopic (exact) mass is 245 g/mol. The molecule has 0 amide bonds. The summed E-state index contributed by atoms with van der Waals surface area (Å²) in [5, 5.41) is 12.1. The van der Waals surface area contributed by atoms with Gasteiger partial charge in [-0.2, -0.15) is 0 Å². The maximum Gasteiger partial charge on any atom is 0.321 e. The van der Waals surface area contributed by atoms with Gasteiger partial charge in [-0.15, -0.1) is 11.8 Å². The zero-order valence-corrected chi connectivity index (χ0v) is 11.1. The van der Waals surface area contributed by atoms with E-state index in [-0.39, 0.29) is 10.9 Å². The number of hydrogen-bond acceptors (Lipinski definition) is 3. The molecule has 2 atom stereocenters. The number of unbranched alkanes of at least 4 members (excludes halogenated alkanes) is 4. The molecule has 2 N–H and O–H groups in total. The summed E-state index contributed by atoms with van der Waals surface area (Å²) < 4.78 is 0. The van der Waals surface area contributed by atoms with Crippen LogP contribution in [0.4, 0.5) is 0 Å². The van der Waals surface area contributed by atoms with Crippen LogP contribution in [0.2, 0.25) is 0 Å². The van der Waals surface area contributed by atoms with Crippen LogP contribution in [0.5, 0.6) is 0 Å². The molecule has 0 aromatic heterocycles. The minimum absolute atomic E-state index is 0.0186. The molecule has 0 spiro atoms. The number of carboxylic acid groups (broad SMARTS) is 1. The van der Waals surface area contributed by atoms with Crippen molar-refractivity contribution in [3.63, 3.8) is 0 Å². The van der Waals surface area contributed by atoms with E-state index in [0.717, 1.165) is 6.42 Å². The van der Waals surface area contributed by atoms with Crippen molar-refractivity contribution in [3.05, 3.63) is 0 Å². The standard InChI is InChI=1S/C12H23NO2S/c1-3-4-5-6-7-8-12(2)13-10(9-16-12)11(14)15/h10,13H,3-9H2,1-2H3,(H,14,15)/t10-,12?/m1/s1. The van der Waals surface area contributed by atoms with Gasteiger partial charge in [0, 0.05) is 5.75 Å². The lowest BCUT2D eigenvalue weighted by molar-refractivity contribution is -0.138. The van der Waals surface area contributed by atoms with Crippen molar-refractivity contribution in [1.82, 2.24) is 5.32 Å². The molecule has 0 aromatic carbocycles. The fraction of sp³-hybridized carbons (Fsp3) is 0.917. The van der Waals surface area contributed by atoms with Crippen LogP contribution in [0.1, 0.15) is 52.4 Å². The first-order valence-electron chi connectivity index (χ1n) is 6.22. The number of hydrogen-bond donors (Lipinski definition) is 2. The van der Waals surface area contributed by atoms with Gasteiger partial charge < -0.3 is 5.11 Å². The van der Waals surface area contributed by atoms with Gasteiger partial charge in [-0.05, 0) is 13.3 Å². The molecule has 0 aromatic rings. The lowest BCUT2D eigenvalue weighted by Gasteiger charge is -2.24. The molecule has 1 rings (SSSR count). The van der Waals surface area contributed by atoms with Gasteiger partial charge in [0.25, 0.3) is 0 Å².